The van der Waals surface area contributed by atoms with Crippen LogP contribution in [0, 0.1) is 0 Å². The van der Waals surface area contributed by atoms with Gasteiger partial charge >= 0.3 is 0 Å². The van der Waals surface area contributed by atoms with Gasteiger partial charge in [0.15, 0.2) is 5.78 Å². The predicted molar refractivity (Wildman–Crippen MR) is 46.5 cm³/mol. The summed E-state index contributed by atoms with van der Waals surface area (Å²) in [5.41, 5.74) is 0.585. The van der Waals surface area contributed by atoms with E-state index in [2.05, 4.69) is 5.16 Å². The Hall–Kier alpha value is -0.130. The molecule has 3 nitrogen and oxygen atoms in total. The molecule has 0 fully saturated rings. The molecule has 1 unspecified atom stereocenters. The number of carbonyl (C=O) groups excluding carboxylic acids is 1. The van der Waals surface area contributed by atoms with Crippen molar-refractivity contribution in [3.8, 4) is 0 Å². The second kappa shape index (κ2) is 3.32. The van der Waals surface area contributed by atoms with Crippen LogP contribution in [0.3, 0.4) is 0 Å². The molecule has 0 aromatic carbocycles. The number of oxime groups is 1. The molecule has 1 heterocycles. The molecular formula is C6H8INO2. The third-order valence-corrected chi connectivity index (χ3v) is 1.96. The fourth-order valence-electron chi connectivity index (χ4n) is 0.742. The second-order valence-corrected chi connectivity index (χ2v) is 2.98. The number of halogens is 1. The molecule has 4 heteroatoms. The number of hydrogen-bond donors (Lipinski definition) is 0. The van der Waals surface area contributed by atoms with E-state index >= 15 is 0 Å². The van der Waals surface area contributed by atoms with Gasteiger partial charge in [-0.1, -0.05) is 27.7 Å². The van der Waals surface area contributed by atoms with Crippen molar-refractivity contribution < 1.29 is 9.63 Å². The van der Waals surface area contributed by atoms with Crippen LogP contribution in [0.1, 0.15) is 13.3 Å². The molecule has 0 radical (unpaired) electrons. The largest absolute Gasteiger partial charge is 0.392 e. The standard InChI is InChI=1S/C6H8INO2/c1-4-2-5(8-10-4)6(9)3-7/h4H,2-3H2,1H3. The first-order valence-electron chi connectivity index (χ1n) is 3.06. The summed E-state index contributed by atoms with van der Waals surface area (Å²) < 4.78 is 0.493. The SMILES string of the molecule is CC1CC(C(=O)CI)=NO1. The number of nitrogens with zero attached hydrogens (tertiary/aromatic N) is 1. The van der Waals surface area contributed by atoms with E-state index in [1.807, 2.05) is 29.5 Å². The van der Waals surface area contributed by atoms with E-state index in [-0.39, 0.29) is 11.9 Å². The summed E-state index contributed by atoms with van der Waals surface area (Å²) >= 11 is 2.02. The molecule has 0 saturated heterocycles. The van der Waals surface area contributed by atoms with Gasteiger partial charge in [0.25, 0.3) is 0 Å². The number of ketones is 1. The first-order valence-corrected chi connectivity index (χ1v) is 4.58. The maximum absolute atomic E-state index is 10.9. The Balaban J connectivity index is 2.51. The second-order valence-electron chi connectivity index (χ2n) is 2.21. The quantitative estimate of drug-likeness (QED) is 0.547. The molecule has 0 saturated carbocycles. The Bertz CT molecular complexity index is 179. The van der Waals surface area contributed by atoms with Crippen LogP contribution in [0.4, 0.5) is 0 Å². The summed E-state index contributed by atoms with van der Waals surface area (Å²) in [5, 5.41) is 3.65. The lowest BCUT2D eigenvalue weighted by atomic mass is 10.1. The molecule has 0 aromatic rings. The van der Waals surface area contributed by atoms with Gasteiger partial charge in [-0.25, -0.2) is 0 Å². The summed E-state index contributed by atoms with van der Waals surface area (Å²) in [4.78, 5) is 15.8. The highest BCUT2D eigenvalue weighted by atomic mass is 127. The molecule has 0 spiro atoms. The summed E-state index contributed by atoms with van der Waals surface area (Å²) in [6.07, 6.45) is 0.754. The minimum atomic E-state index is 0.0851. The van der Waals surface area contributed by atoms with Crippen molar-refractivity contribution in [3.05, 3.63) is 0 Å². The third kappa shape index (κ3) is 1.68. The smallest absolute Gasteiger partial charge is 0.190 e. The normalized spacial score (nSPS) is 23.8. The molecule has 1 atom stereocenters. The average molecular weight is 253 g/mol. The first kappa shape index (κ1) is 7.97. The monoisotopic (exact) mass is 253 g/mol. The molecule has 1 rings (SSSR count). The van der Waals surface area contributed by atoms with Crippen LogP contribution in [0.5, 0.6) is 0 Å². The van der Waals surface area contributed by atoms with Crippen molar-refractivity contribution >= 4 is 34.1 Å². The summed E-state index contributed by atoms with van der Waals surface area (Å²) in [6.45, 7) is 1.90. The third-order valence-electron chi connectivity index (χ3n) is 1.27. The van der Waals surface area contributed by atoms with Crippen molar-refractivity contribution in [1.29, 1.82) is 0 Å². The molecule has 0 aromatic heterocycles. The Morgan fingerprint density at radius 2 is 2.70 bits per heavy atom. The van der Waals surface area contributed by atoms with Crippen molar-refractivity contribution in [1.82, 2.24) is 0 Å². The first-order chi connectivity index (χ1) is 4.74. The fourth-order valence-corrected chi connectivity index (χ4v) is 1.18. The Kier molecular flexibility index (Phi) is 2.64. The Morgan fingerprint density at radius 1 is 2.00 bits per heavy atom. The highest BCUT2D eigenvalue weighted by molar-refractivity contribution is 14.1. The van der Waals surface area contributed by atoms with E-state index in [9.17, 15) is 4.79 Å². The molecule has 1 aliphatic rings. The van der Waals surface area contributed by atoms with E-state index < -0.39 is 0 Å². The molecule has 56 valence electrons. The zero-order chi connectivity index (χ0) is 7.56. The molecular weight excluding hydrogens is 245 g/mol. The van der Waals surface area contributed by atoms with Crippen LogP contribution < -0.4 is 0 Å². The molecule has 10 heavy (non-hydrogen) atoms. The number of alkyl halides is 1. The van der Waals surface area contributed by atoms with Gasteiger partial charge < -0.3 is 4.84 Å². The van der Waals surface area contributed by atoms with Gasteiger partial charge in [-0.3, -0.25) is 4.79 Å². The van der Waals surface area contributed by atoms with Crippen molar-refractivity contribution in [2.75, 3.05) is 4.43 Å². The lowest BCUT2D eigenvalue weighted by Gasteiger charge is -1.94. The zero-order valence-electron chi connectivity index (χ0n) is 5.63. The maximum Gasteiger partial charge on any atom is 0.190 e. The van der Waals surface area contributed by atoms with E-state index in [1.165, 1.54) is 0 Å². The van der Waals surface area contributed by atoms with Gasteiger partial charge in [-0.05, 0) is 6.92 Å². The predicted octanol–water partition coefficient (Wildman–Crippen LogP) is 1.16. The van der Waals surface area contributed by atoms with Crippen LogP contribution in [0.15, 0.2) is 5.16 Å². The van der Waals surface area contributed by atoms with Gasteiger partial charge in [0.1, 0.15) is 11.8 Å². The molecule has 0 amide bonds. The molecule has 0 bridgehead atoms. The zero-order valence-corrected chi connectivity index (χ0v) is 7.79. The van der Waals surface area contributed by atoms with Gasteiger partial charge in [-0.15, -0.1) is 0 Å². The lowest BCUT2D eigenvalue weighted by Crippen LogP contribution is -2.14. The van der Waals surface area contributed by atoms with Crippen LogP contribution in [0.25, 0.3) is 0 Å². The van der Waals surface area contributed by atoms with Gasteiger partial charge in [0, 0.05) is 6.42 Å². The molecule has 0 N–H and O–H groups in total. The van der Waals surface area contributed by atoms with Crippen molar-refractivity contribution in [3.63, 3.8) is 0 Å². The van der Waals surface area contributed by atoms with Crippen LogP contribution in [-0.4, -0.2) is 22.0 Å². The Labute approximate surface area is 72.9 Å². The molecule has 0 aliphatic carbocycles. The van der Waals surface area contributed by atoms with Crippen LogP contribution in [0.2, 0.25) is 0 Å². The minimum Gasteiger partial charge on any atom is -0.392 e. The van der Waals surface area contributed by atoms with Crippen molar-refractivity contribution in [2.24, 2.45) is 5.16 Å². The van der Waals surface area contributed by atoms with Gasteiger partial charge in [0.05, 0.1) is 4.43 Å². The van der Waals surface area contributed by atoms with Gasteiger partial charge in [0.2, 0.25) is 0 Å². The highest BCUT2D eigenvalue weighted by Gasteiger charge is 2.21. The van der Waals surface area contributed by atoms with Crippen LogP contribution >= 0.6 is 22.6 Å². The minimum absolute atomic E-state index is 0.0851. The summed E-state index contributed by atoms with van der Waals surface area (Å²) in [5.74, 6) is 0.0879. The van der Waals surface area contributed by atoms with Gasteiger partial charge in [-0.2, -0.15) is 0 Å². The molecule has 1 aliphatic heterocycles. The Morgan fingerprint density at radius 3 is 3.10 bits per heavy atom. The van der Waals surface area contributed by atoms with E-state index in [1.54, 1.807) is 0 Å². The topological polar surface area (TPSA) is 38.7 Å². The lowest BCUT2D eigenvalue weighted by molar-refractivity contribution is -0.110. The summed E-state index contributed by atoms with van der Waals surface area (Å²) in [6, 6.07) is 0. The van der Waals surface area contributed by atoms with Crippen molar-refractivity contribution in [2.45, 2.75) is 19.4 Å². The number of hydrogen-bond acceptors (Lipinski definition) is 3. The van der Waals surface area contributed by atoms with E-state index in [4.69, 9.17) is 4.84 Å². The number of rotatable bonds is 2. The number of Topliss-reactive ketones (excluding diaryl/α,β-unsaturated/α-hetero) is 1. The highest BCUT2D eigenvalue weighted by Crippen LogP contribution is 2.10. The average Bonchev–Trinajstić information content (AvgIpc) is 2.34. The number of carbonyl (C=O) groups is 1. The van der Waals surface area contributed by atoms with Crippen LogP contribution in [-0.2, 0) is 9.63 Å². The summed E-state index contributed by atoms with van der Waals surface area (Å²) in [7, 11) is 0. The van der Waals surface area contributed by atoms with E-state index in [0.29, 0.717) is 16.6 Å². The van der Waals surface area contributed by atoms with E-state index in [0.717, 1.165) is 0 Å². The fraction of sp³-hybridized carbons (Fsp3) is 0.667. The maximum atomic E-state index is 10.9.